The van der Waals surface area contributed by atoms with Gasteiger partial charge < -0.3 is 0 Å². The highest BCUT2D eigenvalue weighted by Crippen LogP contribution is 2.23. The molecule has 1 heterocycles. The van der Waals surface area contributed by atoms with Crippen molar-refractivity contribution in [3.8, 4) is 11.3 Å². The Kier molecular flexibility index (Phi) is 2.97. The van der Waals surface area contributed by atoms with Crippen LogP contribution in [0.5, 0.6) is 0 Å². The molecule has 2 aromatic rings. The first kappa shape index (κ1) is 10.8. The third-order valence-electron chi connectivity index (χ3n) is 2.08. The minimum atomic E-state index is -0.434. The second-order valence-electron chi connectivity index (χ2n) is 3.14. The van der Waals surface area contributed by atoms with Gasteiger partial charge in [-0.3, -0.25) is 4.79 Å². The van der Waals surface area contributed by atoms with Crippen LogP contribution in [0.2, 0.25) is 5.15 Å². The summed E-state index contributed by atoms with van der Waals surface area (Å²) < 4.78 is 13.1. The first-order valence-corrected chi connectivity index (χ1v) is 4.89. The Hall–Kier alpha value is -1.74. The zero-order valence-corrected chi connectivity index (χ0v) is 8.83. The maximum Gasteiger partial charge on any atom is 0.234 e. The van der Waals surface area contributed by atoms with Crippen molar-refractivity contribution in [3.05, 3.63) is 52.9 Å². The van der Waals surface area contributed by atoms with Crippen LogP contribution in [-0.4, -0.2) is 11.3 Å². The molecule has 16 heavy (non-hydrogen) atoms. The van der Waals surface area contributed by atoms with Gasteiger partial charge in [-0.25, -0.2) is 9.37 Å². The number of rotatable bonds is 2. The zero-order chi connectivity index (χ0) is 11.5. The summed E-state index contributed by atoms with van der Waals surface area (Å²) in [6.45, 7) is 0. The van der Waals surface area contributed by atoms with E-state index in [9.17, 15) is 9.18 Å². The third-order valence-corrected chi connectivity index (χ3v) is 2.29. The van der Waals surface area contributed by atoms with E-state index < -0.39 is 5.82 Å². The Morgan fingerprint density at radius 3 is 2.75 bits per heavy atom. The van der Waals surface area contributed by atoms with Crippen LogP contribution in [0.15, 0.2) is 36.4 Å². The molecule has 0 bridgehead atoms. The molecule has 0 unspecified atom stereocenters. The van der Waals surface area contributed by atoms with Gasteiger partial charge in [-0.2, -0.15) is 0 Å². The van der Waals surface area contributed by atoms with E-state index in [-0.39, 0.29) is 5.56 Å². The molecule has 1 aromatic heterocycles. The van der Waals surface area contributed by atoms with E-state index in [1.807, 2.05) is 0 Å². The lowest BCUT2D eigenvalue weighted by Crippen LogP contribution is -1.92. The van der Waals surface area contributed by atoms with Gasteiger partial charge >= 0.3 is 0 Å². The van der Waals surface area contributed by atoms with E-state index >= 15 is 0 Å². The normalized spacial score (nSPS) is 10.1. The van der Waals surface area contributed by atoms with Crippen LogP contribution < -0.4 is 0 Å². The molecule has 0 fully saturated rings. The van der Waals surface area contributed by atoms with Crippen molar-refractivity contribution >= 4 is 17.9 Å². The second-order valence-corrected chi connectivity index (χ2v) is 3.52. The number of carbonyl (C=O) groups excluding carboxylic acids is 1. The van der Waals surface area contributed by atoms with E-state index in [1.54, 1.807) is 24.5 Å². The number of pyridine rings is 1. The van der Waals surface area contributed by atoms with Crippen LogP contribution in [-0.2, 0) is 4.79 Å². The highest BCUT2D eigenvalue weighted by molar-refractivity contribution is 6.29. The zero-order valence-electron chi connectivity index (χ0n) is 8.08. The first-order valence-electron chi connectivity index (χ1n) is 4.51. The summed E-state index contributed by atoms with van der Waals surface area (Å²) in [5, 5.41) is 0.290. The molecule has 79 valence electrons. The molecule has 0 atom stereocenters. The fraction of sp³-hybridized carbons (Fsp3) is 0. The number of aromatic nitrogens is 1. The summed E-state index contributed by atoms with van der Waals surface area (Å²) in [6.07, 6.45) is 1.74. The number of halogens is 2. The van der Waals surface area contributed by atoms with Crippen molar-refractivity contribution in [2.45, 2.75) is 0 Å². The molecule has 0 aliphatic heterocycles. The van der Waals surface area contributed by atoms with E-state index in [0.29, 0.717) is 16.4 Å². The Bertz CT molecular complexity index is 542. The summed E-state index contributed by atoms with van der Waals surface area (Å²) in [5.41, 5.74) is 1.10. The van der Waals surface area contributed by atoms with E-state index in [2.05, 4.69) is 4.98 Å². The Morgan fingerprint density at radius 1 is 1.25 bits per heavy atom. The lowest BCUT2D eigenvalue weighted by molar-refractivity contribution is 0.562. The Morgan fingerprint density at radius 2 is 2.06 bits per heavy atom. The minimum Gasteiger partial charge on any atom is -0.285 e. The minimum absolute atomic E-state index is 0.260. The summed E-state index contributed by atoms with van der Waals surface area (Å²) >= 11 is 5.73. The summed E-state index contributed by atoms with van der Waals surface area (Å²) in [7, 11) is 0. The monoisotopic (exact) mass is 234 g/mol. The summed E-state index contributed by atoms with van der Waals surface area (Å²) in [5.74, 6) is -0.434. The quantitative estimate of drug-likeness (QED) is 0.748. The van der Waals surface area contributed by atoms with Crippen molar-refractivity contribution < 1.29 is 9.18 Å². The largest absolute Gasteiger partial charge is 0.285 e. The second kappa shape index (κ2) is 4.41. The van der Waals surface area contributed by atoms with Crippen molar-refractivity contribution in [1.29, 1.82) is 0 Å². The molecule has 0 amide bonds. The lowest BCUT2D eigenvalue weighted by Gasteiger charge is -2.04. The number of hydrogen-bond donors (Lipinski definition) is 0. The fourth-order valence-electron chi connectivity index (χ4n) is 1.38. The van der Waals surface area contributed by atoms with Crippen molar-refractivity contribution in [1.82, 2.24) is 4.98 Å². The predicted octanol–water partition coefficient (Wildman–Crippen LogP) is 3.00. The van der Waals surface area contributed by atoms with Gasteiger partial charge in [0.1, 0.15) is 11.0 Å². The molecule has 0 saturated carbocycles. The SMILES string of the molecule is O=[C]c1ccc(F)cc1-c1cccc(Cl)n1. The van der Waals surface area contributed by atoms with Gasteiger partial charge in [0, 0.05) is 11.1 Å². The Balaban J connectivity index is 2.62. The van der Waals surface area contributed by atoms with Gasteiger partial charge in [0.15, 0.2) is 0 Å². The van der Waals surface area contributed by atoms with E-state index in [1.165, 1.54) is 18.2 Å². The van der Waals surface area contributed by atoms with Gasteiger partial charge in [0.2, 0.25) is 6.29 Å². The number of nitrogens with zero attached hydrogens (tertiary/aromatic N) is 1. The standard InChI is InChI=1S/C12H6ClFNO/c13-12-3-1-2-11(15-12)10-6-9(14)5-4-8(10)7-16/h1-6H. The Labute approximate surface area is 96.7 Å². The molecule has 0 N–H and O–H groups in total. The van der Waals surface area contributed by atoms with E-state index in [0.717, 1.165) is 0 Å². The van der Waals surface area contributed by atoms with Crippen molar-refractivity contribution in [2.75, 3.05) is 0 Å². The maximum atomic E-state index is 13.1. The molecule has 0 spiro atoms. The van der Waals surface area contributed by atoms with Gasteiger partial charge in [-0.05, 0) is 30.3 Å². The van der Waals surface area contributed by atoms with Gasteiger partial charge in [-0.1, -0.05) is 17.7 Å². The van der Waals surface area contributed by atoms with Crippen LogP contribution in [0.4, 0.5) is 4.39 Å². The summed E-state index contributed by atoms with van der Waals surface area (Å²) in [4.78, 5) is 14.7. The number of hydrogen-bond acceptors (Lipinski definition) is 2. The molecule has 0 saturated heterocycles. The third kappa shape index (κ3) is 2.09. The average Bonchev–Trinajstić information content (AvgIpc) is 2.29. The van der Waals surface area contributed by atoms with Crippen LogP contribution >= 0.6 is 11.6 Å². The molecular weight excluding hydrogens is 229 g/mol. The van der Waals surface area contributed by atoms with Crippen LogP contribution in [0, 0.1) is 5.82 Å². The molecule has 1 radical (unpaired) electrons. The van der Waals surface area contributed by atoms with Crippen LogP contribution in [0.1, 0.15) is 5.56 Å². The molecule has 0 aliphatic rings. The summed E-state index contributed by atoms with van der Waals surface area (Å²) in [6, 6.07) is 8.74. The van der Waals surface area contributed by atoms with Crippen molar-refractivity contribution in [2.24, 2.45) is 0 Å². The fourth-order valence-corrected chi connectivity index (χ4v) is 1.54. The van der Waals surface area contributed by atoms with E-state index in [4.69, 9.17) is 11.6 Å². The number of benzene rings is 1. The molecule has 4 heteroatoms. The molecule has 2 nitrogen and oxygen atoms in total. The van der Waals surface area contributed by atoms with Gasteiger partial charge in [0.25, 0.3) is 0 Å². The molecule has 2 rings (SSSR count). The predicted molar refractivity (Wildman–Crippen MR) is 59.4 cm³/mol. The van der Waals surface area contributed by atoms with Crippen LogP contribution in [0.25, 0.3) is 11.3 Å². The van der Waals surface area contributed by atoms with Crippen LogP contribution in [0.3, 0.4) is 0 Å². The van der Waals surface area contributed by atoms with Crippen molar-refractivity contribution in [3.63, 3.8) is 0 Å². The smallest absolute Gasteiger partial charge is 0.234 e. The highest BCUT2D eigenvalue weighted by atomic mass is 35.5. The van der Waals surface area contributed by atoms with Gasteiger partial charge in [0.05, 0.1) is 5.69 Å². The highest BCUT2D eigenvalue weighted by Gasteiger charge is 2.08. The molecular formula is C12H6ClFNO. The maximum absolute atomic E-state index is 13.1. The average molecular weight is 235 g/mol. The van der Waals surface area contributed by atoms with Gasteiger partial charge in [-0.15, -0.1) is 0 Å². The lowest BCUT2D eigenvalue weighted by atomic mass is 10.0. The first-order chi connectivity index (χ1) is 7.70. The molecule has 1 aromatic carbocycles. The topological polar surface area (TPSA) is 30.0 Å². The molecule has 0 aliphatic carbocycles.